The number of rotatable bonds is 3. The lowest BCUT2D eigenvalue weighted by Gasteiger charge is -2.59. The van der Waals surface area contributed by atoms with E-state index in [1.807, 2.05) is 29.2 Å². The van der Waals surface area contributed by atoms with Crippen LogP contribution in [-0.4, -0.2) is 69.1 Å². The fraction of sp³-hybridized carbons (Fsp3) is 0.467. The highest BCUT2D eigenvalue weighted by molar-refractivity contribution is 5.95. The van der Waals surface area contributed by atoms with Crippen LogP contribution >= 0.6 is 0 Å². The number of tetrazole rings is 1. The number of nitrogens with zero attached hydrogens (tertiary/aromatic N) is 6. The molecule has 0 radical (unpaired) electrons. The van der Waals surface area contributed by atoms with Crippen molar-refractivity contribution in [2.45, 2.75) is 6.54 Å². The van der Waals surface area contributed by atoms with E-state index in [9.17, 15) is 4.79 Å². The number of carbonyl (C=O) groups is 1. The minimum Gasteiger partial charge on any atom is -0.337 e. The molecule has 22 heavy (non-hydrogen) atoms. The first-order valence-corrected chi connectivity index (χ1v) is 7.41. The molecule has 2 aliphatic rings. The van der Waals surface area contributed by atoms with Gasteiger partial charge >= 0.3 is 0 Å². The van der Waals surface area contributed by atoms with Crippen molar-refractivity contribution in [2.75, 3.05) is 33.2 Å². The Balaban J connectivity index is 1.38. The van der Waals surface area contributed by atoms with E-state index in [1.54, 1.807) is 11.0 Å². The van der Waals surface area contributed by atoms with Crippen molar-refractivity contribution < 1.29 is 4.79 Å². The second-order valence-corrected chi connectivity index (χ2v) is 6.54. The summed E-state index contributed by atoms with van der Waals surface area (Å²) in [6.07, 6.45) is 1.58. The van der Waals surface area contributed by atoms with E-state index < -0.39 is 0 Å². The van der Waals surface area contributed by atoms with Crippen LogP contribution < -0.4 is 0 Å². The van der Waals surface area contributed by atoms with Gasteiger partial charge in [-0.3, -0.25) is 4.79 Å². The lowest BCUT2D eigenvalue weighted by atomic mass is 9.73. The number of benzene rings is 1. The first-order valence-electron chi connectivity index (χ1n) is 7.41. The molecule has 2 aliphatic heterocycles. The summed E-state index contributed by atoms with van der Waals surface area (Å²) in [7, 11) is 2.12. The van der Waals surface area contributed by atoms with Crippen molar-refractivity contribution in [3.8, 4) is 0 Å². The maximum absolute atomic E-state index is 12.4. The van der Waals surface area contributed by atoms with Crippen molar-refractivity contribution in [3.05, 3.63) is 41.7 Å². The Kier molecular flexibility index (Phi) is 2.97. The molecule has 1 amide bonds. The maximum atomic E-state index is 12.4. The Bertz CT molecular complexity index is 667. The Labute approximate surface area is 128 Å². The summed E-state index contributed by atoms with van der Waals surface area (Å²) in [4.78, 5) is 16.7. The van der Waals surface area contributed by atoms with Gasteiger partial charge in [0.25, 0.3) is 5.91 Å². The summed E-state index contributed by atoms with van der Waals surface area (Å²) in [5, 5.41) is 11.0. The van der Waals surface area contributed by atoms with Crippen LogP contribution in [0.2, 0.25) is 0 Å². The molecule has 4 rings (SSSR count). The van der Waals surface area contributed by atoms with Gasteiger partial charge < -0.3 is 9.80 Å². The minimum absolute atomic E-state index is 0.133. The zero-order valence-corrected chi connectivity index (χ0v) is 12.5. The average molecular weight is 298 g/mol. The Morgan fingerprint density at radius 3 is 2.50 bits per heavy atom. The maximum Gasteiger partial charge on any atom is 0.253 e. The molecule has 0 aliphatic carbocycles. The van der Waals surface area contributed by atoms with Crippen molar-refractivity contribution in [2.24, 2.45) is 5.41 Å². The number of aromatic nitrogens is 4. The Morgan fingerprint density at radius 1 is 1.18 bits per heavy atom. The smallest absolute Gasteiger partial charge is 0.253 e. The summed E-state index contributed by atoms with van der Waals surface area (Å²) >= 11 is 0. The number of carbonyl (C=O) groups excluding carboxylic acids is 1. The van der Waals surface area contributed by atoms with E-state index in [2.05, 4.69) is 27.5 Å². The van der Waals surface area contributed by atoms with Crippen LogP contribution in [0.3, 0.4) is 0 Å². The average Bonchev–Trinajstić information content (AvgIpc) is 2.94. The van der Waals surface area contributed by atoms with E-state index in [4.69, 9.17) is 0 Å². The van der Waals surface area contributed by atoms with Gasteiger partial charge in [-0.15, -0.1) is 5.10 Å². The minimum atomic E-state index is 0.133. The van der Waals surface area contributed by atoms with Gasteiger partial charge in [0.15, 0.2) is 0 Å². The molecule has 2 aromatic rings. The first kappa shape index (κ1) is 13.4. The quantitative estimate of drug-likeness (QED) is 0.804. The SMILES string of the molecule is CN1CC2(C1)CN(C(=O)c1ccc(Cn3cnnn3)cc1)C2. The topological polar surface area (TPSA) is 67.2 Å². The Morgan fingerprint density at radius 2 is 1.91 bits per heavy atom. The second-order valence-electron chi connectivity index (χ2n) is 6.54. The molecule has 7 nitrogen and oxygen atoms in total. The number of likely N-dealkylation sites (tertiary alicyclic amines) is 2. The van der Waals surface area contributed by atoms with Crippen LogP contribution in [-0.2, 0) is 6.54 Å². The van der Waals surface area contributed by atoms with Crippen molar-refractivity contribution >= 4 is 5.91 Å². The van der Waals surface area contributed by atoms with E-state index >= 15 is 0 Å². The van der Waals surface area contributed by atoms with Crippen molar-refractivity contribution in [1.29, 1.82) is 0 Å². The van der Waals surface area contributed by atoms with E-state index in [1.165, 1.54) is 0 Å². The highest BCUT2D eigenvalue weighted by Gasteiger charge is 2.51. The van der Waals surface area contributed by atoms with Gasteiger partial charge in [0.1, 0.15) is 6.33 Å². The molecule has 0 atom stereocenters. The van der Waals surface area contributed by atoms with E-state index in [0.717, 1.165) is 37.3 Å². The summed E-state index contributed by atoms with van der Waals surface area (Å²) < 4.78 is 1.66. The van der Waals surface area contributed by atoms with Crippen LogP contribution in [0.25, 0.3) is 0 Å². The molecular weight excluding hydrogens is 280 g/mol. The zero-order valence-electron chi connectivity index (χ0n) is 12.5. The van der Waals surface area contributed by atoms with Gasteiger partial charge in [-0.1, -0.05) is 12.1 Å². The van der Waals surface area contributed by atoms with Crippen LogP contribution in [0.1, 0.15) is 15.9 Å². The summed E-state index contributed by atoms with van der Waals surface area (Å²) in [5.74, 6) is 0.133. The Hall–Kier alpha value is -2.28. The third-order valence-electron chi connectivity index (χ3n) is 4.49. The lowest BCUT2D eigenvalue weighted by Crippen LogP contribution is -2.72. The molecule has 3 heterocycles. The fourth-order valence-electron chi connectivity index (χ4n) is 3.58. The van der Waals surface area contributed by atoms with Crippen LogP contribution in [0.5, 0.6) is 0 Å². The number of hydrogen-bond donors (Lipinski definition) is 0. The molecule has 0 N–H and O–H groups in total. The molecule has 2 saturated heterocycles. The molecule has 1 spiro atoms. The van der Waals surface area contributed by atoms with Crippen LogP contribution in [0.15, 0.2) is 30.6 Å². The normalized spacial score (nSPS) is 19.8. The van der Waals surface area contributed by atoms with Gasteiger partial charge in [-0.2, -0.15) is 0 Å². The standard InChI is InChI=1S/C15H18N6O/c1-19-7-15(8-19)9-20(10-15)14(22)13-4-2-12(3-5-13)6-21-11-16-17-18-21/h2-5,11H,6-10H2,1H3. The molecule has 1 aromatic carbocycles. The van der Waals surface area contributed by atoms with Gasteiger partial charge in [-0.25, -0.2) is 4.68 Å². The highest BCUT2D eigenvalue weighted by Crippen LogP contribution is 2.39. The van der Waals surface area contributed by atoms with E-state index in [-0.39, 0.29) is 5.91 Å². The second kappa shape index (κ2) is 4.88. The van der Waals surface area contributed by atoms with Crippen molar-refractivity contribution in [1.82, 2.24) is 30.0 Å². The monoisotopic (exact) mass is 298 g/mol. The van der Waals surface area contributed by atoms with Crippen LogP contribution in [0.4, 0.5) is 0 Å². The molecule has 0 unspecified atom stereocenters. The predicted molar refractivity (Wildman–Crippen MR) is 79.2 cm³/mol. The van der Waals surface area contributed by atoms with Gasteiger partial charge in [0.05, 0.1) is 6.54 Å². The molecular formula is C15H18N6O. The summed E-state index contributed by atoms with van der Waals surface area (Å²) in [6.45, 7) is 4.62. The summed E-state index contributed by atoms with van der Waals surface area (Å²) in [6, 6.07) is 7.70. The van der Waals surface area contributed by atoms with Gasteiger partial charge in [0, 0.05) is 37.2 Å². The molecule has 0 saturated carbocycles. The zero-order chi connectivity index (χ0) is 15.2. The number of hydrogen-bond acceptors (Lipinski definition) is 5. The first-order chi connectivity index (χ1) is 10.6. The molecule has 2 fully saturated rings. The van der Waals surface area contributed by atoms with Crippen LogP contribution in [0, 0.1) is 5.41 Å². The third kappa shape index (κ3) is 2.27. The largest absolute Gasteiger partial charge is 0.337 e. The van der Waals surface area contributed by atoms with Gasteiger partial charge in [0.2, 0.25) is 0 Å². The molecule has 1 aromatic heterocycles. The number of amides is 1. The fourth-order valence-corrected chi connectivity index (χ4v) is 3.58. The van der Waals surface area contributed by atoms with Gasteiger partial charge in [-0.05, 0) is 35.2 Å². The van der Waals surface area contributed by atoms with E-state index in [0.29, 0.717) is 12.0 Å². The molecule has 114 valence electrons. The highest BCUT2D eigenvalue weighted by atomic mass is 16.2. The lowest BCUT2D eigenvalue weighted by molar-refractivity contribution is -0.0872. The molecule has 0 bridgehead atoms. The third-order valence-corrected chi connectivity index (χ3v) is 4.49. The predicted octanol–water partition coefficient (Wildman–Crippen LogP) is 0.109. The van der Waals surface area contributed by atoms with Crippen molar-refractivity contribution in [3.63, 3.8) is 0 Å². The summed E-state index contributed by atoms with van der Waals surface area (Å²) in [5.41, 5.74) is 2.21. The molecule has 7 heteroatoms.